The van der Waals surface area contributed by atoms with Crippen molar-refractivity contribution in [1.29, 1.82) is 0 Å². The summed E-state index contributed by atoms with van der Waals surface area (Å²) < 4.78 is 0. The van der Waals surface area contributed by atoms with Crippen LogP contribution in [0.2, 0.25) is 0 Å². The van der Waals surface area contributed by atoms with Crippen LogP contribution in [0.4, 0.5) is 0 Å². The van der Waals surface area contributed by atoms with Crippen molar-refractivity contribution in [2.45, 2.75) is 50.5 Å². The molecule has 2 aromatic carbocycles. The number of rotatable bonds is 2. The van der Waals surface area contributed by atoms with E-state index in [4.69, 9.17) is 12.2 Å². The maximum absolute atomic E-state index is 10.8. The van der Waals surface area contributed by atoms with Crippen molar-refractivity contribution < 1.29 is 10.2 Å². The molecular formula is C25H28O2S. The molecule has 0 amide bonds. The average Bonchev–Trinajstić information content (AvgIpc) is 2.96. The van der Waals surface area contributed by atoms with Gasteiger partial charge in [0.05, 0.1) is 6.10 Å². The van der Waals surface area contributed by atoms with Crippen molar-refractivity contribution in [3.63, 3.8) is 0 Å². The average molecular weight is 393 g/mol. The monoisotopic (exact) mass is 392 g/mol. The summed E-state index contributed by atoms with van der Waals surface area (Å²) in [7, 11) is 0. The molecule has 2 saturated carbocycles. The molecule has 2 aromatic rings. The molecule has 0 spiro atoms. The molecule has 0 saturated heterocycles. The fourth-order valence-electron chi connectivity index (χ4n) is 6.98. The van der Waals surface area contributed by atoms with E-state index in [0.29, 0.717) is 29.4 Å². The second-order valence-electron chi connectivity index (χ2n) is 9.49. The van der Waals surface area contributed by atoms with Crippen LogP contribution in [0.5, 0.6) is 5.75 Å². The number of hydrogen-bond donors (Lipinski definition) is 2. The van der Waals surface area contributed by atoms with Gasteiger partial charge in [0.2, 0.25) is 0 Å². The topological polar surface area (TPSA) is 40.5 Å². The van der Waals surface area contributed by atoms with E-state index in [-0.39, 0.29) is 17.4 Å². The quantitative estimate of drug-likeness (QED) is 0.688. The second kappa shape index (κ2) is 6.67. The molecule has 2 nitrogen and oxygen atoms in total. The van der Waals surface area contributed by atoms with Gasteiger partial charge in [-0.15, -0.1) is 0 Å². The predicted molar refractivity (Wildman–Crippen MR) is 116 cm³/mol. The van der Waals surface area contributed by atoms with Gasteiger partial charge in [0.25, 0.3) is 0 Å². The van der Waals surface area contributed by atoms with E-state index in [1.54, 1.807) is 0 Å². The highest BCUT2D eigenvalue weighted by Crippen LogP contribution is 2.65. The van der Waals surface area contributed by atoms with Crippen molar-refractivity contribution in [1.82, 2.24) is 0 Å². The van der Waals surface area contributed by atoms with Crippen LogP contribution in [0, 0.1) is 23.2 Å². The van der Waals surface area contributed by atoms with Gasteiger partial charge in [-0.25, -0.2) is 0 Å². The van der Waals surface area contributed by atoms with Crippen LogP contribution in [-0.2, 0) is 6.42 Å². The van der Waals surface area contributed by atoms with Gasteiger partial charge in [-0.3, -0.25) is 0 Å². The lowest BCUT2D eigenvalue weighted by Gasteiger charge is -2.53. The summed E-state index contributed by atoms with van der Waals surface area (Å²) in [5, 5.41) is 22.8. The molecule has 3 heteroatoms. The molecular weight excluding hydrogens is 364 g/mol. The molecule has 5 rings (SSSR count). The second-order valence-corrected chi connectivity index (χ2v) is 9.76. The van der Waals surface area contributed by atoms with Crippen molar-refractivity contribution in [2.75, 3.05) is 0 Å². The van der Waals surface area contributed by atoms with Gasteiger partial charge < -0.3 is 10.2 Å². The van der Waals surface area contributed by atoms with Crippen molar-refractivity contribution in [2.24, 2.45) is 23.2 Å². The van der Waals surface area contributed by atoms with Gasteiger partial charge in [0.1, 0.15) is 5.75 Å². The molecule has 3 aliphatic carbocycles. The number of thiocarbonyl (C=S) groups is 1. The Hall–Kier alpha value is -1.71. The number of aliphatic hydroxyl groups is 1. The lowest BCUT2D eigenvalue weighted by atomic mass is 9.51. The van der Waals surface area contributed by atoms with Gasteiger partial charge in [-0.05, 0) is 89.0 Å². The highest BCUT2D eigenvalue weighted by Gasteiger charge is 2.59. The Labute approximate surface area is 172 Å². The van der Waals surface area contributed by atoms with Crippen molar-refractivity contribution in [3.05, 3.63) is 65.2 Å². The summed E-state index contributed by atoms with van der Waals surface area (Å²) in [6, 6.07) is 16.8. The Kier molecular flexibility index (Phi) is 4.37. The Balaban J connectivity index is 1.68. The number of fused-ring (bicyclic) bond motifs is 5. The maximum Gasteiger partial charge on any atom is 0.115 e. The first-order valence-electron chi connectivity index (χ1n) is 10.5. The summed E-state index contributed by atoms with van der Waals surface area (Å²) in [5.74, 6) is 2.20. The zero-order chi connectivity index (χ0) is 19.5. The molecule has 2 fully saturated rings. The van der Waals surface area contributed by atoms with Crippen molar-refractivity contribution in [3.8, 4) is 5.75 Å². The van der Waals surface area contributed by atoms with E-state index in [1.807, 2.05) is 17.5 Å². The summed E-state index contributed by atoms with van der Waals surface area (Å²) >= 11 is 5.43. The number of phenols is 1. The summed E-state index contributed by atoms with van der Waals surface area (Å²) in [4.78, 5) is 0. The third-order valence-corrected chi connectivity index (χ3v) is 8.37. The summed E-state index contributed by atoms with van der Waals surface area (Å²) in [6.45, 7) is 2.38. The summed E-state index contributed by atoms with van der Waals surface area (Å²) in [6.07, 6.45) is 3.78. The smallest absolute Gasteiger partial charge is 0.115 e. The van der Waals surface area contributed by atoms with Crippen LogP contribution >= 0.6 is 12.2 Å². The standard InChI is InChI=1S/C25H28O2S/c1-25-10-9-19-18-8-7-17(26)11-16(18)12-20(15-5-3-2-4-6-15)23(19)24(25)21(14-28)22(27)13-25/h2-8,11,14,19-24,26-27H,9-10,12-13H2,1H3/t19-,20+,21+,22-,23+,24+,25-/m1/s1. The molecule has 0 aromatic heterocycles. The van der Waals surface area contributed by atoms with Crippen LogP contribution < -0.4 is 0 Å². The van der Waals surface area contributed by atoms with Gasteiger partial charge in [0.15, 0.2) is 0 Å². The van der Waals surface area contributed by atoms with Crippen LogP contribution in [0.15, 0.2) is 48.5 Å². The zero-order valence-electron chi connectivity index (χ0n) is 16.3. The number of hydrogen-bond acceptors (Lipinski definition) is 3. The van der Waals surface area contributed by atoms with E-state index in [9.17, 15) is 10.2 Å². The molecule has 7 atom stereocenters. The Morgan fingerprint density at radius 2 is 1.89 bits per heavy atom. The molecule has 0 radical (unpaired) electrons. The predicted octanol–water partition coefficient (Wildman–Crippen LogP) is 5.23. The first-order valence-corrected chi connectivity index (χ1v) is 11.0. The fourth-order valence-corrected chi connectivity index (χ4v) is 7.34. The molecule has 0 aliphatic heterocycles. The van der Waals surface area contributed by atoms with Crippen LogP contribution in [0.1, 0.15) is 54.7 Å². The van der Waals surface area contributed by atoms with E-state index in [2.05, 4.69) is 43.3 Å². The fraction of sp³-hybridized carbons (Fsp3) is 0.480. The normalized spacial score (nSPS) is 38.9. The Bertz CT molecular complexity index is 895. The van der Waals surface area contributed by atoms with Crippen molar-refractivity contribution >= 4 is 17.6 Å². The Morgan fingerprint density at radius 3 is 2.64 bits per heavy atom. The lowest BCUT2D eigenvalue weighted by molar-refractivity contribution is 0.0362. The minimum Gasteiger partial charge on any atom is -0.508 e. The van der Waals surface area contributed by atoms with Crippen LogP contribution in [0.25, 0.3) is 0 Å². The molecule has 0 heterocycles. The van der Waals surface area contributed by atoms with Crippen LogP contribution in [0.3, 0.4) is 0 Å². The minimum absolute atomic E-state index is 0.0951. The zero-order valence-corrected chi connectivity index (χ0v) is 17.1. The number of phenolic OH excluding ortho intramolecular Hbond substituents is 1. The first kappa shape index (κ1) is 18.3. The number of aliphatic hydroxyl groups excluding tert-OH is 1. The van der Waals surface area contributed by atoms with Gasteiger partial charge in [-0.1, -0.05) is 55.5 Å². The molecule has 146 valence electrons. The molecule has 0 unspecified atom stereocenters. The SMILES string of the molecule is C[C@]12CC[C@@H]3c4ccc(O)cc4C[C@@H](c4ccccc4)[C@H]3[C@@H]1[C@@H](C=S)[C@H](O)C2. The van der Waals surface area contributed by atoms with Gasteiger partial charge >= 0.3 is 0 Å². The van der Waals surface area contributed by atoms with E-state index in [1.165, 1.54) is 16.7 Å². The minimum atomic E-state index is -0.316. The highest BCUT2D eigenvalue weighted by molar-refractivity contribution is 7.79. The molecule has 0 bridgehead atoms. The van der Waals surface area contributed by atoms with Gasteiger partial charge in [-0.2, -0.15) is 0 Å². The van der Waals surface area contributed by atoms with Gasteiger partial charge in [0, 0.05) is 5.92 Å². The third-order valence-electron chi connectivity index (χ3n) is 8.06. The molecule has 28 heavy (non-hydrogen) atoms. The number of benzene rings is 2. The van der Waals surface area contributed by atoms with E-state index < -0.39 is 0 Å². The molecule has 2 N–H and O–H groups in total. The third kappa shape index (κ3) is 2.67. The Morgan fingerprint density at radius 1 is 1.11 bits per heavy atom. The lowest BCUT2D eigenvalue weighted by Crippen LogP contribution is -2.45. The highest BCUT2D eigenvalue weighted by atomic mass is 32.1. The molecule has 3 aliphatic rings. The summed E-state index contributed by atoms with van der Waals surface area (Å²) in [5.41, 5.74) is 4.22. The van der Waals surface area contributed by atoms with E-state index in [0.717, 1.165) is 25.7 Å². The largest absolute Gasteiger partial charge is 0.508 e. The number of aromatic hydroxyl groups is 1. The first-order chi connectivity index (χ1) is 13.5. The van der Waals surface area contributed by atoms with E-state index >= 15 is 0 Å². The van der Waals surface area contributed by atoms with Crippen LogP contribution in [-0.4, -0.2) is 21.7 Å². The maximum atomic E-state index is 10.8.